The number of alkyl halides is 3. The van der Waals surface area contributed by atoms with Gasteiger partial charge in [0.05, 0.1) is 0 Å². The zero-order valence-corrected chi connectivity index (χ0v) is 12.1. The molecule has 0 aromatic heterocycles. The van der Waals surface area contributed by atoms with Gasteiger partial charge in [0.25, 0.3) is 0 Å². The summed E-state index contributed by atoms with van der Waals surface area (Å²) in [5.74, 6) is -1.56. The van der Waals surface area contributed by atoms with Crippen molar-refractivity contribution in [1.82, 2.24) is 0 Å². The third kappa shape index (κ3) is 3.22. The Kier molecular flexibility index (Phi) is 5.65. The number of halogens is 4. The first kappa shape index (κ1) is 14.4. The van der Waals surface area contributed by atoms with Crippen LogP contribution in [0.2, 0.25) is 0 Å². The predicted molar refractivity (Wildman–Crippen MR) is 35.6 cm³/mol. The van der Waals surface area contributed by atoms with Gasteiger partial charge >= 0.3 is 64.4 Å². The van der Waals surface area contributed by atoms with Crippen LogP contribution in [0, 0.1) is 11.9 Å². The fourth-order valence-electron chi connectivity index (χ4n) is 0.873. The van der Waals surface area contributed by atoms with Crippen LogP contribution in [0.4, 0.5) is 17.6 Å². The van der Waals surface area contributed by atoms with Crippen molar-refractivity contribution in [2.24, 2.45) is 0 Å². The molecule has 0 aliphatic carbocycles. The van der Waals surface area contributed by atoms with Gasteiger partial charge in [-0.3, -0.25) is 0 Å². The van der Waals surface area contributed by atoms with Crippen molar-refractivity contribution in [3.63, 3.8) is 0 Å². The van der Waals surface area contributed by atoms with Crippen LogP contribution in [0.25, 0.3) is 0 Å². The van der Waals surface area contributed by atoms with Crippen LogP contribution in [0.5, 0.6) is 0 Å². The Morgan fingerprint density at radius 3 is 2.29 bits per heavy atom. The van der Waals surface area contributed by atoms with E-state index in [1.165, 1.54) is 0 Å². The molecule has 0 N–H and O–H groups in total. The second-order valence-electron chi connectivity index (χ2n) is 2.24. The van der Waals surface area contributed by atoms with Gasteiger partial charge in [-0.2, -0.15) is 25.3 Å². The summed E-state index contributed by atoms with van der Waals surface area (Å²) in [4.78, 5) is 10.1. The molecule has 1 rings (SSSR count). The molecule has 0 heterocycles. The zero-order chi connectivity index (χ0) is 10.1. The zero-order valence-electron chi connectivity index (χ0n) is 7.15. The number of aldehydes is 1. The number of benzene rings is 1. The molecule has 1 aromatic carbocycles. The number of carbonyl (C=O) groups excluding carboxylic acids is 1. The molecule has 0 amide bonds. The Hall–Kier alpha value is 0.415. The van der Waals surface area contributed by atoms with Gasteiger partial charge in [0.15, 0.2) is 0 Å². The third-order valence-corrected chi connectivity index (χ3v) is 1.39. The first-order valence-electron chi connectivity index (χ1n) is 3.19. The van der Waals surface area contributed by atoms with E-state index < -0.39 is 23.1 Å². The van der Waals surface area contributed by atoms with Crippen LogP contribution in [0.3, 0.4) is 0 Å². The van der Waals surface area contributed by atoms with Crippen LogP contribution in [-0.2, 0) is 6.18 Å². The van der Waals surface area contributed by atoms with E-state index in [1.807, 2.05) is 0 Å². The fraction of sp³-hybridized carbons (Fsp3) is 0.125. The Labute approximate surface area is 126 Å². The molecule has 0 fully saturated rings. The van der Waals surface area contributed by atoms with Gasteiger partial charge in [0.2, 0.25) is 0 Å². The summed E-state index contributed by atoms with van der Waals surface area (Å²) in [5, 5.41) is 0. The van der Waals surface area contributed by atoms with Crippen LogP contribution in [0.15, 0.2) is 12.1 Å². The van der Waals surface area contributed by atoms with Crippen LogP contribution in [0.1, 0.15) is 15.9 Å². The van der Waals surface area contributed by atoms with Crippen molar-refractivity contribution in [3.8, 4) is 0 Å². The molecule has 0 bridgehead atoms. The summed E-state index contributed by atoms with van der Waals surface area (Å²) in [7, 11) is 0. The topological polar surface area (TPSA) is 17.1 Å². The molecular weight excluding hydrogens is 274 g/mol. The second-order valence-corrected chi connectivity index (χ2v) is 2.24. The summed E-state index contributed by atoms with van der Waals surface area (Å²) in [6.07, 6.45) is -4.90. The van der Waals surface area contributed by atoms with Gasteiger partial charge in [0.1, 0.15) is 6.29 Å². The van der Waals surface area contributed by atoms with E-state index >= 15 is 0 Å². The normalized spacial score (nSPS) is 10.6. The molecular formula is C8H3F4ORb. The molecule has 14 heavy (non-hydrogen) atoms. The van der Waals surface area contributed by atoms with Gasteiger partial charge in [-0.1, -0.05) is 5.56 Å². The maximum Gasteiger partial charge on any atom is 1.00 e. The largest absolute Gasteiger partial charge is 1.00 e. The van der Waals surface area contributed by atoms with Crippen molar-refractivity contribution in [2.45, 2.75) is 6.18 Å². The molecule has 1 aromatic rings. The molecule has 0 saturated carbocycles. The maximum atomic E-state index is 12.6. The number of carbonyl (C=O) groups is 1. The molecule has 1 nitrogen and oxygen atoms in total. The molecule has 0 aliphatic rings. The van der Waals surface area contributed by atoms with Gasteiger partial charge in [-0.15, -0.1) is 6.07 Å². The van der Waals surface area contributed by atoms with Crippen LogP contribution in [-0.4, -0.2) is 6.29 Å². The van der Waals surface area contributed by atoms with Crippen LogP contribution >= 0.6 is 0 Å². The van der Waals surface area contributed by atoms with Crippen LogP contribution < -0.4 is 58.2 Å². The maximum absolute atomic E-state index is 12.6. The molecule has 0 unspecified atom stereocenters. The Morgan fingerprint density at radius 1 is 1.36 bits per heavy atom. The van der Waals surface area contributed by atoms with E-state index in [4.69, 9.17) is 0 Å². The Bertz CT molecular complexity index is 335. The number of hydrogen-bond donors (Lipinski definition) is 0. The van der Waals surface area contributed by atoms with Gasteiger partial charge in [-0.25, -0.2) is 4.39 Å². The Morgan fingerprint density at radius 2 is 1.93 bits per heavy atom. The van der Waals surface area contributed by atoms with Crippen molar-refractivity contribution in [2.75, 3.05) is 0 Å². The van der Waals surface area contributed by atoms with E-state index in [1.54, 1.807) is 6.07 Å². The summed E-state index contributed by atoms with van der Waals surface area (Å²) in [5.41, 5.74) is -2.28. The van der Waals surface area contributed by atoms with E-state index in [2.05, 4.69) is 0 Å². The molecule has 70 valence electrons. The molecule has 6 heteroatoms. The van der Waals surface area contributed by atoms with E-state index in [0.29, 0.717) is 0 Å². The smallest absolute Gasteiger partial charge is 0.300 e. The van der Waals surface area contributed by atoms with Gasteiger partial charge < -0.3 is 4.79 Å². The van der Waals surface area contributed by atoms with Crippen molar-refractivity contribution in [3.05, 3.63) is 35.1 Å². The van der Waals surface area contributed by atoms with E-state index in [0.717, 1.165) is 12.1 Å². The first-order chi connectivity index (χ1) is 5.96. The van der Waals surface area contributed by atoms with Crippen molar-refractivity contribution < 1.29 is 80.5 Å². The summed E-state index contributed by atoms with van der Waals surface area (Å²) >= 11 is 0. The second kappa shape index (κ2) is 5.49. The minimum Gasteiger partial charge on any atom is -0.300 e. The van der Waals surface area contributed by atoms with E-state index in [9.17, 15) is 22.4 Å². The molecule has 0 spiro atoms. The summed E-state index contributed by atoms with van der Waals surface area (Å²) in [6.45, 7) is 0. The first-order valence-corrected chi connectivity index (χ1v) is 3.19. The van der Waals surface area contributed by atoms with Crippen molar-refractivity contribution in [1.29, 1.82) is 0 Å². The molecule has 0 saturated heterocycles. The fourth-order valence-corrected chi connectivity index (χ4v) is 0.873. The number of hydrogen-bond acceptors (Lipinski definition) is 1. The van der Waals surface area contributed by atoms with Crippen molar-refractivity contribution >= 4 is 6.29 Å². The molecule has 0 atom stereocenters. The monoisotopic (exact) mass is 276 g/mol. The average molecular weight is 277 g/mol. The third-order valence-electron chi connectivity index (χ3n) is 1.39. The molecule has 0 aliphatic heterocycles. The average Bonchev–Trinajstić information content (AvgIpc) is 2.01. The predicted octanol–water partition coefficient (Wildman–Crippen LogP) is -0.539. The molecule has 0 radical (unpaired) electrons. The number of rotatable bonds is 1. The Balaban J connectivity index is 0.00000169. The van der Waals surface area contributed by atoms with Gasteiger partial charge in [0, 0.05) is 5.82 Å². The standard InChI is InChI=1S/C8H3F4O.Rb/c9-6-3-1-2-5(4-13)7(6)8(10,11)12;/h1-2,4H;/q-1;+1. The minimum absolute atomic E-state index is 0. The summed E-state index contributed by atoms with van der Waals surface area (Å²) in [6, 6.07) is 3.52. The SMILES string of the molecule is O=Cc1cc[c-]c(F)c1C(F)(F)F.[Rb+]. The minimum atomic E-state index is -4.86. The van der Waals surface area contributed by atoms with E-state index in [-0.39, 0.29) is 64.5 Å². The summed E-state index contributed by atoms with van der Waals surface area (Å²) < 4.78 is 48.8. The quantitative estimate of drug-likeness (QED) is 0.383. The van der Waals surface area contributed by atoms with Gasteiger partial charge in [-0.05, 0) is 5.56 Å².